The van der Waals surface area contributed by atoms with Crippen molar-refractivity contribution in [2.45, 2.75) is 38.8 Å². The smallest absolute Gasteiger partial charge is 0.280 e. The third kappa shape index (κ3) is 2.56. The van der Waals surface area contributed by atoms with E-state index in [-0.39, 0.29) is 11.7 Å². The predicted octanol–water partition coefficient (Wildman–Crippen LogP) is 0.0761. The van der Waals surface area contributed by atoms with Crippen LogP contribution in [0.25, 0.3) is 11.0 Å². The van der Waals surface area contributed by atoms with Crippen LogP contribution in [0, 0.1) is 0 Å². The summed E-state index contributed by atoms with van der Waals surface area (Å²) in [7, 11) is 1.73. The van der Waals surface area contributed by atoms with Gasteiger partial charge in [0.25, 0.3) is 5.56 Å². The highest BCUT2D eigenvalue weighted by Gasteiger charge is 2.09. The molecule has 0 aliphatic rings. The lowest BCUT2D eigenvalue weighted by Crippen LogP contribution is -2.24. The van der Waals surface area contributed by atoms with Gasteiger partial charge in [-0.05, 0) is 26.2 Å². The van der Waals surface area contributed by atoms with Crippen LogP contribution in [0.2, 0.25) is 0 Å². The molecule has 0 radical (unpaired) electrons. The topological polar surface area (TPSA) is 85.8 Å². The zero-order valence-corrected chi connectivity index (χ0v) is 10.6. The number of aliphatic hydroxyl groups is 1. The molecule has 1 atom stereocenters. The van der Waals surface area contributed by atoms with Crippen LogP contribution in [0.3, 0.4) is 0 Å². The number of hydrogen-bond acceptors (Lipinski definition) is 5. The number of hydrogen-bond donors (Lipinski definition) is 1. The Balaban J connectivity index is 2.10. The standard InChI is InChI=1S/C11H17N5O2/c1-8(17)5-3-4-6-16-11(18)9-7-12-15(2)10(9)13-14-16/h7-8,17H,3-6H2,1-2H3. The van der Waals surface area contributed by atoms with Crippen molar-refractivity contribution in [1.29, 1.82) is 0 Å². The number of fused-ring (bicyclic) bond motifs is 1. The van der Waals surface area contributed by atoms with Gasteiger partial charge in [-0.2, -0.15) is 5.10 Å². The Morgan fingerprint density at radius 2 is 2.22 bits per heavy atom. The summed E-state index contributed by atoms with van der Waals surface area (Å²) in [6, 6.07) is 0. The van der Waals surface area contributed by atoms with Crippen LogP contribution in [0.5, 0.6) is 0 Å². The summed E-state index contributed by atoms with van der Waals surface area (Å²) in [5.41, 5.74) is 0.338. The second-order valence-corrected chi connectivity index (χ2v) is 4.47. The molecule has 0 aliphatic carbocycles. The summed E-state index contributed by atoms with van der Waals surface area (Å²) in [6.45, 7) is 2.27. The number of aromatic nitrogens is 5. The van der Waals surface area contributed by atoms with E-state index in [1.54, 1.807) is 14.0 Å². The van der Waals surface area contributed by atoms with Gasteiger partial charge in [0.15, 0.2) is 5.65 Å². The Bertz CT molecular complexity index is 587. The molecule has 18 heavy (non-hydrogen) atoms. The average Bonchev–Trinajstić information content (AvgIpc) is 2.70. The number of aliphatic hydroxyl groups excluding tert-OH is 1. The fraction of sp³-hybridized carbons (Fsp3) is 0.636. The van der Waals surface area contributed by atoms with E-state index in [9.17, 15) is 4.79 Å². The third-order valence-corrected chi connectivity index (χ3v) is 2.86. The summed E-state index contributed by atoms with van der Waals surface area (Å²) >= 11 is 0. The van der Waals surface area contributed by atoms with E-state index < -0.39 is 0 Å². The van der Waals surface area contributed by atoms with Crippen LogP contribution in [0.4, 0.5) is 0 Å². The summed E-state index contributed by atoms with van der Waals surface area (Å²) < 4.78 is 2.88. The molecule has 1 unspecified atom stereocenters. The minimum atomic E-state index is -0.298. The number of unbranched alkanes of at least 4 members (excludes halogenated alkanes) is 1. The quantitative estimate of drug-likeness (QED) is 0.760. The van der Waals surface area contributed by atoms with Gasteiger partial charge in [-0.1, -0.05) is 5.21 Å². The highest BCUT2D eigenvalue weighted by molar-refractivity contribution is 5.72. The van der Waals surface area contributed by atoms with E-state index in [0.717, 1.165) is 19.3 Å². The van der Waals surface area contributed by atoms with Crippen LogP contribution in [-0.4, -0.2) is 36.0 Å². The molecule has 1 N–H and O–H groups in total. The van der Waals surface area contributed by atoms with Gasteiger partial charge in [0, 0.05) is 13.6 Å². The van der Waals surface area contributed by atoms with Crippen molar-refractivity contribution in [3.05, 3.63) is 16.6 Å². The lowest BCUT2D eigenvalue weighted by Gasteiger charge is -2.05. The maximum Gasteiger partial charge on any atom is 0.280 e. The molecule has 0 saturated heterocycles. The summed E-state index contributed by atoms with van der Waals surface area (Å²) in [6.07, 6.45) is 3.60. The van der Waals surface area contributed by atoms with Gasteiger partial charge in [0.1, 0.15) is 5.39 Å². The molecule has 7 nitrogen and oxygen atoms in total. The predicted molar refractivity (Wildman–Crippen MR) is 66.1 cm³/mol. The molecular weight excluding hydrogens is 234 g/mol. The summed E-state index contributed by atoms with van der Waals surface area (Å²) in [5.74, 6) is 0. The van der Waals surface area contributed by atoms with Crippen molar-refractivity contribution in [3.8, 4) is 0 Å². The molecule has 7 heteroatoms. The van der Waals surface area contributed by atoms with Gasteiger partial charge >= 0.3 is 0 Å². The molecule has 0 amide bonds. The Morgan fingerprint density at radius 3 is 2.94 bits per heavy atom. The van der Waals surface area contributed by atoms with E-state index in [1.807, 2.05) is 0 Å². The van der Waals surface area contributed by atoms with Gasteiger partial charge in [0.2, 0.25) is 0 Å². The molecule has 2 heterocycles. The zero-order chi connectivity index (χ0) is 13.1. The SMILES string of the molecule is CC(O)CCCCn1nnc2c(cnn2C)c1=O. The van der Waals surface area contributed by atoms with Crippen LogP contribution in [-0.2, 0) is 13.6 Å². The fourth-order valence-corrected chi connectivity index (χ4v) is 1.82. The first kappa shape index (κ1) is 12.7. The molecule has 98 valence electrons. The van der Waals surface area contributed by atoms with Crippen molar-refractivity contribution in [3.63, 3.8) is 0 Å². The average molecular weight is 251 g/mol. The lowest BCUT2D eigenvalue weighted by molar-refractivity contribution is 0.179. The fourth-order valence-electron chi connectivity index (χ4n) is 1.82. The summed E-state index contributed by atoms with van der Waals surface area (Å²) in [4.78, 5) is 12.0. The Labute approximate surface area is 104 Å². The second-order valence-electron chi connectivity index (χ2n) is 4.47. The van der Waals surface area contributed by atoms with Gasteiger partial charge in [-0.25, -0.2) is 9.36 Å². The maximum atomic E-state index is 12.0. The van der Waals surface area contributed by atoms with Crippen molar-refractivity contribution in [1.82, 2.24) is 24.8 Å². The molecule has 0 saturated carbocycles. The van der Waals surface area contributed by atoms with Crippen LogP contribution < -0.4 is 5.56 Å². The number of aryl methyl sites for hydroxylation is 2. The van der Waals surface area contributed by atoms with Crippen LogP contribution in [0.1, 0.15) is 26.2 Å². The zero-order valence-electron chi connectivity index (χ0n) is 10.6. The molecular formula is C11H17N5O2. The van der Waals surface area contributed by atoms with E-state index in [0.29, 0.717) is 17.6 Å². The van der Waals surface area contributed by atoms with Gasteiger partial charge < -0.3 is 5.11 Å². The molecule has 0 aliphatic heterocycles. The van der Waals surface area contributed by atoms with E-state index in [4.69, 9.17) is 5.11 Å². The van der Waals surface area contributed by atoms with Crippen molar-refractivity contribution in [2.75, 3.05) is 0 Å². The molecule has 2 rings (SSSR count). The van der Waals surface area contributed by atoms with Gasteiger partial charge in [0.05, 0.1) is 12.3 Å². The molecule has 0 aromatic carbocycles. The molecule has 0 bridgehead atoms. The lowest BCUT2D eigenvalue weighted by atomic mass is 10.2. The first-order chi connectivity index (χ1) is 8.59. The molecule has 0 spiro atoms. The van der Waals surface area contributed by atoms with Crippen LogP contribution >= 0.6 is 0 Å². The largest absolute Gasteiger partial charge is 0.393 e. The minimum absolute atomic E-state index is 0.162. The highest BCUT2D eigenvalue weighted by atomic mass is 16.3. The van der Waals surface area contributed by atoms with Gasteiger partial charge in [-0.15, -0.1) is 5.10 Å². The van der Waals surface area contributed by atoms with E-state index >= 15 is 0 Å². The van der Waals surface area contributed by atoms with Crippen molar-refractivity contribution < 1.29 is 5.11 Å². The Kier molecular flexibility index (Phi) is 3.71. The normalized spacial score (nSPS) is 13.1. The van der Waals surface area contributed by atoms with Gasteiger partial charge in [-0.3, -0.25) is 4.79 Å². The van der Waals surface area contributed by atoms with Crippen molar-refractivity contribution >= 4 is 11.0 Å². The Hall–Kier alpha value is -1.76. The van der Waals surface area contributed by atoms with Crippen LogP contribution in [0.15, 0.2) is 11.0 Å². The maximum absolute atomic E-state index is 12.0. The third-order valence-electron chi connectivity index (χ3n) is 2.86. The number of nitrogens with zero attached hydrogens (tertiary/aromatic N) is 5. The van der Waals surface area contributed by atoms with Crippen molar-refractivity contribution in [2.24, 2.45) is 7.05 Å². The highest BCUT2D eigenvalue weighted by Crippen LogP contribution is 2.04. The first-order valence-corrected chi connectivity index (χ1v) is 6.03. The first-order valence-electron chi connectivity index (χ1n) is 6.03. The second kappa shape index (κ2) is 5.26. The monoisotopic (exact) mass is 251 g/mol. The van der Waals surface area contributed by atoms with E-state index in [2.05, 4.69) is 15.4 Å². The summed E-state index contributed by atoms with van der Waals surface area (Å²) in [5, 5.41) is 21.5. The molecule has 0 fully saturated rings. The molecule has 2 aromatic heterocycles. The van der Waals surface area contributed by atoms with E-state index in [1.165, 1.54) is 15.6 Å². The minimum Gasteiger partial charge on any atom is -0.393 e. The Morgan fingerprint density at radius 1 is 1.44 bits per heavy atom. The molecule has 2 aromatic rings. The number of rotatable bonds is 5.